The van der Waals surface area contributed by atoms with Gasteiger partial charge in [0.15, 0.2) is 5.78 Å². The number of carbonyl (C=O) groups excluding carboxylic acids is 1. The molecule has 0 aromatic rings. The van der Waals surface area contributed by atoms with Gasteiger partial charge < -0.3 is 10.0 Å². The van der Waals surface area contributed by atoms with Crippen LogP contribution in [0, 0.1) is 5.41 Å². The van der Waals surface area contributed by atoms with Crippen molar-refractivity contribution in [3.63, 3.8) is 0 Å². The Labute approximate surface area is 114 Å². The van der Waals surface area contributed by atoms with Gasteiger partial charge in [-0.15, -0.1) is 0 Å². The van der Waals surface area contributed by atoms with Gasteiger partial charge in [0.1, 0.15) is 5.76 Å². The summed E-state index contributed by atoms with van der Waals surface area (Å²) in [4.78, 5) is 13.5. The molecule has 1 saturated heterocycles. The number of aliphatic hydroxyl groups excluding tert-OH is 1. The first-order valence-electron chi connectivity index (χ1n) is 6.93. The molecule has 19 heavy (non-hydrogen) atoms. The Bertz CT molecular complexity index is 418. The Balaban J connectivity index is 2.04. The van der Waals surface area contributed by atoms with Crippen LogP contribution in [0.1, 0.15) is 26.7 Å². The molecule has 0 spiro atoms. The van der Waals surface area contributed by atoms with E-state index in [0.717, 1.165) is 26.2 Å². The monoisotopic (exact) mass is 266 g/mol. The highest BCUT2D eigenvalue weighted by Gasteiger charge is 2.32. The molecule has 0 amide bonds. The molecule has 1 aliphatic carbocycles. The van der Waals surface area contributed by atoms with Gasteiger partial charge in [0.2, 0.25) is 0 Å². The van der Waals surface area contributed by atoms with Crippen molar-refractivity contribution in [1.82, 2.24) is 5.01 Å². The maximum absolute atomic E-state index is 12.0. The van der Waals surface area contributed by atoms with Crippen molar-refractivity contribution in [2.75, 3.05) is 33.2 Å². The average Bonchev–Trinajstić information content (AvgIpc) is 2.29. The van der Waals surface area contributed by atoms with Crippen LogP contribution in [0.4, 0.5) is 0 Å². The number of carbonyl (C=O) groups is 1. The number of Topliss-reactive ketones (excluding diaryl/α,β-unsaturated/α-hetero) is 1. The Morgan fingerprint density at radius 2 is 1.95 bits per heavy atom. The molecular formula is C14H24N3O2+. The summed E-state index contributed by atoms with van der Waals surface area (Å²) in [5.41, 5.74) is 0.251. The van der Waals surface area contributed by atoms with E-state index in [9.17, 15) is 9.90 Å². The molecular weight excluding hydrogens is 242 g/mol. The lowest BCUT2D eigenvalue weighted by Gasteiger charge is -2.29. The number of hydrogen-bond donors (Lipinski definition) is 2. The Hall–Kier alpha value is -1.36. The van der Waals surface area contributed by atoms with Crippen LogP contribution in [0.3, 0.4) is 0 Å². The molecule has 5 nitrogen and oxygen atoms in total. The number of quaternary nitrogens is 1. The quantitative estimate of drug-likeness (QED) is 0.692. The van der Waals surface area contributed by atoms with Crippen LogP contribution < -0.4 is 4.90 Å². The van der Waals surface area contributed by atoms with E-state index in [1.54, 1.807) is 6.21 Å². The molecule has 0 saturated carbocycles. The van der Waals surface area contributed by atoms with Crippen LogP contribution in [-0.4, -0.2) is 55.3 Å². The highest BCUT2D eigenvalue weighted by molar-refractivity contribution is 6.14. The van der Waals surface area contributed by atoms with Crippen LogP contribution in [0.15, 0.2) is 16.4 Å². The number of rotatable bonds is 2. The van der Waals surface area contributed by atoms with E-state index >= 15 is 0 Å². The SMILES string of the molecule is C[NH+]1CCN(/N=C/C2=C(O)CC(C)(C)CC2=O)CC1. The lowest BCUT2D eigenvalue weighted by Crippen LogP contribution is -3.11. The average molecular weight is 266 g/mol. The van der Waals surface area contributed by atoms with Crippen LogP contribution in [0.5, 0.6) is 0 Å². The lowest BCUT2D eigenvalue weighted by molar-refractivity contribution is -0.884. The molecule has 2 aliphatic rings. The highest BCUT2D eigenvalue weighted by Crippen LogP contribution is 2.35. The van der Waals surface area contributed by atoms with Gasteiger partial charge in [-0.3, -0.25) is 9.80 Å². The zero-order valence-corrected chi connectivity index (χ0v) is 12.1. The molecule has 0 aromatic carbocycles. The second-order valence-corrected chi connectivity index (χ2v) is 6.46. The molecule has 0 bridgehead atoms. The summed E-state index contributed by atoms with van der Waals surface area (Å²) in [5, 5.41) is 16.3. The van der Waals surface area contributed by atoms with Gasteiger partial charge in [0.05, 0.1) is 45.0 Å². The Kier molecular flexibility index (Phi) is 3.94. The predicted octanol–water partition coefficient (Wildman–Crippen LogP) is 0.00370. The van der Waals surface area contributed by atoms with Crippen molar-refractivity contribution in [3.8, 4) is 0 Å². The fraction of sp³-hybridized carbons (Fsp3) is 0.714. The van der Waals surface area contributed by atoms with Crippen LogP contribution >= 0.6 is 0 Å². The van der Waals surface area contributed by atoms with Crippen LogP contribution in [0.2, 0.25) is 0 Å². The van der Waals surface area contributed by atoms with E-state index in [1.807, 2.05) is 18.9 Å². The van der Waals surface area contributed by atoms with E-state index in [1.165, 1.54) is 4.90 Å². The first kappa shape index (κ1) is 14.1. The van der Waals surface area contributed by atoms with E-state index < -0.39 is 0 Å². The topological polar surface area (TPSA) is 57.3 Å². The first-order chi connectivity index (χ1) is 8.87. The number of ketones is 1. The van der Waals surface area contributed by atoms with Crippen molar-refractivity contribution >= 4 is 12.0 Å². The summed E-state index contributed by atoms with van der Waals surface area (Å²) in [6.07, 6.45) is 2.58. The summed E-state index contributed by atoms with van der Waals surface area (Å²) < 4.78 is 0. The van der Waals surface area contributed by atoms with Gasteiger partial charge >= 0.3 is 0 Å². The van der Waals surface area contributed by atoms with E-state index in [-0.39, 0.29) is 17.0 Å². The molecule has 1 heterocycles. The smallest absolute Gasteiger partial charge is 0.168 e. The molecule has 0 unspecified atom stereocenters. The molecule has 0 atom stereocenters. The van der Waals surface area contributed by atoms with Gasteiger partial charge in [-0.05, 0) is 5.41 Å². The van der Waals surface area contributed by atoms with Crippen molar-refractivity contribution < 1.29 is 14.8 Å². The minimum absolute atomic E-state index is 0.00254. The molecule has 1 fully saturated rings. The van der Waals surface area contributed by atoms with E-state index in [4.69, 9.17) is 0 Å². The number of nitrogens with zero attached hydrogens (tertiary/aromatic N) is 2. The van der Waals surface area contributed by atoms with Gasteiger partial charge in [-0.1, -0.05) is 13.8 Å². The summed E-state index contributed by atoms with van der Waals surface area (Å²) >= 11 is 0. The number of likely N-dealkylation sites (N-methyl/N-ethyl adjacent to an activating group) is 1. The van der Waals surface area contributed by atoms with E-state index in [0.29, 0.717) is 18.4 Å². The van der Waals surface area contributed by atoms with Gasteiger partial charge in [0, 0.05) is 12.8 Å². The number of aliphatic hydroxyl groups is 1. The number of hydrogen-bond acceptors (Lipinski definition) is 4. The van der Waals surface area contributed by atoms with Crippen molar-refractivity contribution in [3.05, 3.63) is 11.3 Å². The van der Waals surface area contributed by atoms with Gasteiger partial charge in [-0.25, -0.2) is 0 Å². The Morgan fingerprint density at radius 3 is 2.53 bits per heavy atom. The fourth-order valence-corrected chi connectivity index (χ4v) is 2.58. The van der Waals surface area contributed by atoms with Crippen molar-refractivity contribution in [2.45, 2.75) is 26.7 Å². The molecule has 5 heteroatoms. The normalized spacial score (nSPS) is 25.4. The second kappa shape index (κ2) is 5.33. The molecule has 106 valence electrons. The molecule has 2 rings (SSSR count). The Morgan fingerprint density at radius 1 is 1.32 bits per heavy atom. The fourth-order valence-electron chi connectivity index (χ4n) is 2.58. The lowest BCUT2D eigenvalue weighted by atomic mass is 9.77. The molecule has 2 N–H and O–H groups in total. The number of hydrazone groups is 1. The standard InChI is InChI=1S/C14H23N3O2/c1-14(2)8-12(18)11(13(19)9-14)10-15-17-6-4-16(3)5-7-17/h10,18H,4-9H2,1-3H3/p+1/b15-10+. The zero-order chi connectivity index (χ0) is 14.0. The molecule has 0 aromatic heterocycles. The van der Waals surface area contributed by atoms with E-state index in [2.05, 4.69) is 12.1 Å². The summed E-state index contributed by atoms with van der Waals surface area (Å²) in [6.45, 7) is 7.91. The maximum atomic E-state index is 12.0. The predicted molar refractivity (Wildman–Crippen MR) is 74.4 cm³/mol. The zero-order valence-electron chi connectivity index (χ0n) is 12.1. The maximum Gasteiger partial charge on any atom is 0.168 e. The van der Waals surface area contributed by atoms with Gasteiger partial charge in [-0.2, -0.15) is 5.10 Å². The third-order valence-corrected chi connectivity index (χ3v) is 3.84. The van der Waals surface area contributed by atoms with Crippen LogP contribution in [0.25, 0.3) is 0 Å². The summed E-state index contributed by atoms with van der Waals surface area (Å²) in [7, 11) is 2.17. The largest absolute Gasteiger partial charge is 0.511 e. The minimum Gasteiger partial charge on any atom is -0.511 e. The third kappa shape index (κ3) is 3.56. The highest BCUT2D eigenvalue weighted by atomic mass is 16.3. The van der Waals surface area contributed by atoms with Crippen molar-refractivity contribution in [2.24, 2.45) is 10.5 Å². The van der Waals surface area contributed by atoms with Crippen molar-refractivity contribution in [1.29, 1.82) is 0 Å². The number of piperazine rings is 1. The minimum atomic E-state index is -0.143. The second-order valence-electron chi connectivity index (χ2n) is 6.46. The number of allylic oxidation sites excluding steroid dienone is 2. The summed E-state index contributed by atoms with van der Waals surface area (Å²) in [6, 6.07) is 0. The number of nitrogens with one attached hydrogen (secondary N) is 1. The van der Waals surface area contributed by atoms with Crippen LogP contribution in [-0.2, 0) is 4.79 Å². The molecule has 0 radical (unpaired) electrons. The third-order valence-electron chi connectivity index (χ3n) is 3.84. The molecule has 1 aliphatic heterocycles. The summed E-state index contributed by atoms with van der Waals surface area (Å²) in [5.74, 6) is 0.182. The first-order valence-corrected chi connectivity index (χ1v) is 6.93. The van der Waals surface area contributed by atoms with Gasteiger partial charge in [0.25, 0.3) is 0 Å².